The van der Waals surface area contributed by atoms with Crippen molar-refractivity contribution in [2.75, 3.05) is 0 Å². The number of fused-ring (bicyclic) bond motifs is 2. The van der Waals surface area contributed by atoms with Crippen LogP contribution in [0, 0.1) is 22.7 Å². The Labute approximate surface area is 97.1 Å². The van der Waals surface area contributed by atoms with E-state index >= 15 is 0 Å². The summed E-state index contributed by atoms with van der Waals surface area (Å²) in [6, 6.07) is 0. The molecule has 0 aliphatic heterocycles. The first-order valence-electron chi connectivity index (χ1n) is 6.05. The topological polar surface area (TPSA) is 34.1 Å². The molecular formula is C14H20O2. The van der Waals surface area contributed by atoms with Crippen LogP contribution < -0.4 is 0 Å². The second-order valence-electron chi connectivity index (χ2n) is 6.10. The number of carbonyl (C=O) groups is 2. The lowest BCUT2D eigenvalue weighted by atomic mass is 9.60. The third kappa shape index (κ3) is 1.25. The van der Waals surface area contributed by atoms with Crippen LogP contribution in [0.3, 0.4) is 0 Å². The summed E-state index contributed by atoms with van der Waals surface area (Å²) in [5.41, 5.74) is -0.387. The molecule has 0 heterocycles. The maximum absolute atomic E-state index is 12.4. The molecule has 2 aliphatic rings. The summed E-state index contributed by atoms with van der Waals surface area (Å²) in [5.74, 6) is 0.981. The molecular weight excluding hydrogens is 200 g/mol. The lowest BCUT2D eigenvalue weighted by Gasteiger charge is -2.42. The van der Waals surface area contributed by atoms with Crippen LogP contribution in [0.1, 0.15) is 40.5 Å². The molecule has 0 N–H and O–H groups in total. The largest absolute Gasteiger partial charge is 0.298 e. The summed E-state index contributed by atoms with van der Waals surface area (Å²) in [4.78, 5) is 23.5. The van der Waals surface area contributed by atoms with Gasteiger partial charge in [0.25, 0.3) is 0 Å². The van der Waals surface area contributed by atoms with Gasteiger partial charge >= 0.3 is 0 Å². The highest BCUT2D eigenvalue weighted by molar-refractivity contribution is 5.96. The number of rotatable bonds is 2. The highest BCUT2D eigenvalue weighted by Gasteiger charge is 2.65. The molecule has 3 atom stereocenters. The van der Waals surface area contributed by atoms with Crippen LogP contribution in [0.4, 0.5) is 0 Å². The zero-order chi connectivity index (χ0) is 12.1. The molecule has 0 saturated heterocycles. The molecule has 2 nitrogen and oxygen atoms in total. The van der Waals surface area contributed by atoms with Crippen molar-refractivity contribution >= 4 is 11.6 Å². The molecule has 0 aromatic carbocycles. The van der Waals surface area contributed by atoms with Gasteiger partial charge in [0.1, 0.15) is 5.78 Å². The van der Waals surface area contributed by atoms with E-state index in [1.807, 2.05) is 6.08 Å². The second kappa shape index (κ2) is 3.28. The molecule has 0 amide bonds. The highest BCUT2D eigenvalue weighted by Crippen LogP contribution is 2.65. The Morgan fingerprint density at radius 2 is 2.06 bits per heavy atom. The fourth-order valence-corrected chi connectivity index (χ4v) is 3.98. The average molecular weight is 220 g/mol. The van der Waals surface area contributed by atoms with Crippen molar-refractivity contribution in [2.45, 2.75) is 40.5 Å². The van der Waals surface area contributed by atoms with E-state index in [4.69, 9.17) is 0 Å². The van der Waals surface area contributed by atoms with Gasteiger partial charge in [-0.1, -0.05) is 26.8 Å². The molecule has 1 unspecified atom stereocenters. The predicted molar refractivity (Wildman–Crippen MR) is 62.9 cm³/mol. The summed E-state index contributed by atoms with van der Waals surface area (Å²) in [6.07, 6.45) is 5.45. The molecule has 0 spiro atoms. The first-order chi connectivity index (χ1) is 7.31. The van der Waals surface area contributed by atoms with Gasteiger partial charge in [-0.3, -0.25) is 9.59 Å². The molecule has 2 saturated carbocycles. The maximum atomic E-state index is 12.4. The third-order valence-corrected chi connectivity index (χ3v) is 4.65. The SMILES string of the molecule is CC(=O)/C=C/C12C(=O)[C@H](C[C@H]1C)CC2(C)C. The zero-order valence-corrected chi connectivity index (χ0v) is 10.5. The van der Waals surface area contributed by atoms with Gasteiger partial charge in [-0.25, -0.2) is 0 Å². The van der Waals surface area contributed by atoms with Gasteiger partial charge in [0.05, 0.1) is 5.41 Å². The minimum absolute atomic E-state index is 0.00162. The molecule has 0 aromatic rings. The van der Waals surface area contributed by atoms with E-state index in [1.54, 1.807) is 6.08 Å². The van der Waals surface area contributed by atoms with Crippen LogP contribution in [-0.4, -0.2) is 11.6 Å². The third-order valence-electron chi connectivity index (χ3n) is 4.65. The lowest BCUT2D eigenvalue weighted by molar-refractivity contribution is -0.126. The molecule has 0 radical (unpaired) electrons. The van der Waals surface area contributed by atoms with Gasteiger partial charge in [-0.2, -0.15) is 0 Å². The molecule has 2 rings (SSSR count). The minimum Gasteiger partial charge on any atom is -0.298 e. The van der Waals surface area contributed by atoms with Crippen molar-refractivity contribution in [3.8, 4) is 0 Å². The van der Waals surface area contributed by atoms with Crippen molar-refractivity contribution in [3.63, 3.8) is 0 Å². The van der Waals surface area contributed by atoms with E-state index in [2.05, 4.69) is 20.8 Å². The van der Waals surface area contributed by atoms with Crippen molar-refractivity contribution in [1.82, 2.24) is 0 Å². The quantitative estimate of drug-likeness (QED) is 0.671. The zero-order valence-electron chi connectivity index (χ0n) is 10.5. The summed E-state index contributed by atoms with van der Waals surface area (Å²) in [5, 5.41) is 0. The van der Waals surface area contributed by atoms with Crippen LogP contribution in [0.15, 0.2) is 12.2 Å². The van der Waals surface area contributed by atoms with Crippen LogP contribution in [0.25, 0.3) is 0 Å². The maximum Gasteiger partial charge on any atom is 0.152 e. The molecule has 2 bridgehead atoms. The van der Waals surface area contributed by atoms with Gasteiger partial charge < -0.3 is 0 Å². The van der Waals surface area contributed by atoms with Gasteiger partial charge in [0, 0.05) is 5.92 Å². The summed E-state index contributed by atoms with van der Waals surface area (Å²) >= 11 is 0. The summed E-state index contributed by atoms with van der Waals surface area (Å²) in [6.45, 7) is 8.00. The van der Waals surface area contributed by atoms with Gasteiger partial charge in [0.15, 0.2) is 5.78 Å². The van der Waals surface area contributed by atoms with Crippen LogP contribution in [0.2, 0.25) is 0 Å². The van der Waals surface area contributed by atoms with E-state index < -0.39 is 0 Å². The second-order valence-corrected chi connectivity index (χ2v) is 6.10. The van der Waals surface area contributed by atoms with Crippen molar-refractivity contribution < 1.29 is 9.59 Å². The Morgan fingerprint density at radius 3 is 2.50 bits per heavy atom. The van der Waals surface area contributed by atoms with Gasteiger partial charge in [0.2, 0.25) is 0 Å². The molecule has 2 fully saturated rings. The number of hydrogen-bond acceptors (Lipinski definition) is 2. The number of carbonyl (C=O) groups excluding carboxylic acids is 2. The Bertz CT molecular complexity index is 378. The number of ketones is 2. The normalized spacial score (nSPS) is 40.9. The Balaban J connectivity index is 2.47. The van der Waals surface area contributed by atoms with Crippen molar-refractivity contribution in [2.24, 2.45) is 22.7 Å². The Hall–Kier alpha value is -0.920. The highest BCUT2D eigenvalue weighted by atomic mass is 16.1. The molecule has 16 heavy (non-hydrogen) atoms. The fourth-order valence-electron chi connectivity index (χ4n) is 3.98. The Morgan fingerprint density at radius 1 is 1.44 bits per heavy atom. The average Bonchev–Trinajstić information content (AvgIpc) is 2.46. The first kappa shape index (κ1) is 11.6. The molecule has 2 aliphatic carbocycles. The molecule has 2 heteroatoms. The van der Waals surface area contributed by atoms with E-state index in [0.29, 0.717) is 11.7 Å². The number of Topliss-reactive ketones (excluding diaryl/α,β-unsaturated/α-hetero) is 1. The smallest absolute Gasteiger partial charge is 0.152 e. The minimum atomic E-state index is -0.386. The number of allylic oxidation sites excluding steroid dienone is 2. The lowest BCUT2D eigenvalue weighted by Crippen LogP contribution is -2.40. The Kier molecular flexibility index (Phi) is 2.37. The van der Waals surface area contributed by atoms with E-state index in [0.717, 1.165) is 12.8 Å². The van der Waals surface area contributed by atoms with E-state index in [-0.39, 0.29) is 22.5 Å². The monoisotopic (exact) mass is 220 g/mol. The van der Waals surface area contributed by atoms with Gasteiger partial charge in [-0.05, 0) is 37.2 Å². The fraction of sp³-hybridized carbons (Fsp3) is 0.714. The first-order valence-corrected chi connectivity index (χ1v) is 6.05. The molecule has 88 valence electrons. The van der Waals surface area contributed by atoms with Crippen LogP contribution in [0.5, 0.6) is 0 Å². The van der Waals surface area contributed by atoms with Gasteiger partial charge in [-0.15, -0.1) is 0 Å². The van der Waals surface area contributed by atoms with Crippen LogP contribution in [-0.2, 0) is 9.59 Å². The predicted octanol–water partition coefficient (Wildman–Crippen LogP) is 2.77. The van der Waals surface area contributed by atoms with E-state index in [1.165, 1.54) is 6.92 Å². The van der Waals surface area contributed by atoms with Crippen molar-refractivity contribution in [3.05, 3.63) is 12.2 Å². The standard InChI is InChI=1S/C14H20O2/c1-9-7-11-8-13(3,4)14(9,12(11)16)6-5-10(2)15/h5-6,9,11H,7-8H2,1-4H3/b6-5+/t9-,11-,14?/m1/s1. The summed E-state index contributed by atoms with van der Waals surface area (Å²) < 4.78 is 0. The van der Waals surface area contributed by atoms with Crippen LogP contribution >= 0.6 is 0 Å². The van der Waals surface area contributed by atoms with Crippen molar-refractivity contribution in [1.29, 1.82) is 0 Å². The summed E-state index contributed by atoms with van der Waals surface area (Å²) in [7, 11) is 0. The van der Waals surface area contributed by atoms with E-state index in [9.17, 15) is 9.59 Å². The number of hydrogen-bond donors (Lipinski definition) is 0. The molecule has 0 aromatic heterocycles.